The number of amides is 1. The Morgan fingerprint density at radius 3 is 2.72 bits per heavy atom. The molecule has 2 aromatic rings. The summed E-state index contributed by atoms with van der Waals surface area (Å²) in [5.74, 6) is 0.738. The number of hydrogen-bond acceptors (Lipinski definition) is 3. The van der Waals surface area contributed by atoms with E-state index in [-0.39, 0.29) is 5.91 Å². The van der Waals surface area contributed by atoms with E-state index in [1.807, 2.05) is 54.6 Å². The zero-order valence-corrected chi connectivity index (χ0v) is 14.8. The number of hydrogen-bond donors (Lipinski definition) is 1. The topological polar surface area (TPSA) is 50.7 Å². The molecule has 0 saturated heterocycles. The predicted octanol–water partition coefficient (Wildman–Crippen LogP) is 4.69. The zero-order chi connectivity index (χ0) is 17.7. The van der Waals surface area contributed by atoms with Crippen LogP contribution in [0.3, 0.4) is 0 Å². The van der Waals surface area contributed by atoms with Crippen LogP contribution in [-0.2, 0) is 11.4 Å². The molecule has 0 aromatic heterocycles. The SMILES string of the molecule is CCCCCCC(=O)N/N=C/c1cccc(OCc2ccccc2)c1. The number of carbonyl (C=O) groups excluding carboxylic acids is 1. The average molecular weight is 338 g/mol. The van der Waals surface area contributed by atoms with Gasteiger partial charge in [-0.15, -0.1) is 0 Å². The minimum Gasteiger partial charge on any atom is -0.489 e. The van der Waals surface area contributed by atoms with E-state index in [4.69, 9.17) is 4.74 Å². The maximum Gasteiger partial charge on any atom is 0.240 e. The van der Waals surface area contributed by atoms with Crippen LogP contribution in [0.25, 0.3) is 0 Å². The second kappa shape index (κ2) is 11.0. The molecule has 0 atom stereocenters. The van der Waals surface area contributed by atoms with Crippen LogP contribution >= 0.6 is 0 Å². The fourth-order valence-corrected chi connectivity index (χ4v) is 2.37. The van der Waals surface area contributed by atoms with Crippen LogP contribution in [0.1, 0.15) is 50.2 Å². The van der Waals surface area contributed by atoms with Gasteiger partial charge in [0.15, 0.2) is 0 Å². The number of unbranched alkanes of at least 4 members (excludes halogenated alkanes) is 3. The Labute approximate surface area is 149 Å². The summed E-state index contributed by atoms with van der Waals surface area (Å²) in [6.45, 7) is 2.68. The summed E-state index contributed by atoms with van der Waals surface area (Å²) in [5.41, 5.74) is 4.58. The highest BCUT2D eigenvalue weighted by Crippen LogP contribution is 2.14. The molecular weight excluding hydrogens is 312 g/mol. The van der Waals surface area contributed by atoms with E-state index in [2.05, 4.69) is 17.5 Å². The monoisotopic (exact) mass is 338 g/mol. The maximum absolute atomic E-state index is 11.7. The van der Waals surface area contributed by atoms with Gasteiger partial charge in [-0.25, -0.2) is 5.43 Å². The second-order valence-corrected chi connectivity index (χ2v) is 5.95. The summed E-state index contributed by atoms with van der Waals surface area (Å²) in [4.78, 5) is 11.7. The Bertz CT molecular complexity index is 669. The van der Waals surface area contributed by atoms with Gasteiger partial charge >= 0.3 is 0 Å². The second-order valence-electron chi connectivity index (χ2n) is 5.95. The number of hydrazone groups is 1. The number of benzene rings is 2. The van der Waals surface area contributed by atoms with Crippen molar-refractivity contribution in [1.82, 2.24) is 5.43 Å². The molecule has 1 N–H and O–H groups in total. The summed E-state index contributed by atoms with van der Waals surface area (Å²) in [6, 6.07) is 17.7. The highest BCUT2D eigenvalue weighted by molar-refractivity contribution is 5.82. The first-order chi connectivity index (χ1) is 12.3. The molecule has 4 nitrogen and oxygen atoms in total. The quantitative estimate of drug-likeness (QED) is 0.388. The first-order valence-corrected chi connectivity index (χ1v) is 8.86. The lowest BCUT2D eigenvalue weighted by atomic mass is 10.1. The molecule has 0 spiro atoms. The number of carbonyl (C=O) groups is 1. The largest absolute Gasteiger partial charge is 0.489 e. The number of rotatable bonds is 10. The molecule has 0 bridgehead atoms. The fraction of sp³-hybridized carbons (Fsp3) is 0.333. The zero-order valence-electron chi connectivity index (χ0n) is 14.8. The van der Waals surface area contributed by atoms with Gasteiger partial charge in [-0.1, -0.05) is 68.7 Å². The van der Waals surface area contributed by atoms with E-state index in [9.17, 15) is 4.79 Å². The molecule has 1 amide bonds. The molecule has 0 radical (unpaired) electrons. The first-order valence-electron chi connectivity index (χ1n) is 8.86. The molecule has 0 saturated carbocycles. The lowest BCUT2D eigenvalue weighted by Crippen LogP contribution is -2.16. The van der Waals surface area contributed by atoms with Gasteiger partial charge in [-0.3, -0.25) is 4.79 Å². The van der Waals surface area contributed by atoms with Crippen molar-refractivity contribution in [1.29, 1.82) is 0 Å². The lowest BCUT2D eigenvalue weighted by Gasteiger charge is -2.06. The van der Waals surface area contributed by atoms with E-state index in [1.165, 1.54) is 12.8 Å². The van der Waals surface area contributed by atoms with Crippen LogP contribution in [0.5, 0.6) is 5.75 Å². The molecule has 2 rings (SSSR count). The van der Waals surface area contributed by atoms with Gasteiger partial charge < -0.3 is 4.74 Å². The summed E-state index contributed by atoms with van der Waals surface area (Å²) >= 11 is 0. The van der Waals surface area contributed by atoms with Crippen molar-refractivity contribution in [3.05, 3.63) is 65.7 Å². The van der Waals surface area contributed by atoms with Gasteiger partial charge in [-0.05, 0) is 29.7 Å². The Kier molecular flexibility index (Phi) is 8.25. The standard InChI is InChI=1S/C21H26N2O2/c1-2-3-4-8-14-21(24)23-22-16-19-12-9-13-20(15-19)25-17-18-10-6-5-7-11-18/h5-7,9-13,15-16H,2-4,8,14,17H2,1H3,(H,23,24)/b22-16+. The third kappa shape index (κ3) is 7.66. The van der Waals surface area contributed by atoms with Gasteiger partial charge in [0.1, 0.15) is 12.4 Å². The smallest absolute Gasteiger partial charge is 0.240 e. The van der Waals surface area contributed by atoms with E-state index in [0.717, 1.165) is 29.7 Å². The van der Waals surface area contributed by atoms with Crippen LogP contribution in [0.4, 0.5) is 0 Å². The molecule has 0 aliphatic heterocycles. The Hall–Kier alpha value is -2.62. The predicted molar refractivity (Wildman–Crippen MR) is 102 cm³/mol. The molecule has 0 fully saturated rings. The number of ether oxygens (including phenoxy) is 1. The van der Waals surface area contributed by atoms with E-state index in [1.54, 1.807) is 6.21 Å². The molecule has 0 unspecified atom stereocenters. The van der Waals surface area contributed by atoms with Crippen LogP contribution in [0, 0.1) is 0 Å². The minimum absolute atomic E-state index is 0.0381. The highest BCUT2D eigenvalue weighted by atomic mass is 16.5. The van der Waals surface area contributed by atoms with Gasteiger partial charge in [0.25, 0.3) is 0 Å². The van der Waals surface area contributed by atoms with E-state index >= 15 is 0 Å². The summed E-state index contributed by atoms with van der Waals surface area (Å²) in [5, 5.41) is 4.02. The van der Waals surface area contributed by atoms with E-state index in [0.29, 0.717) is 13.0 Å². The van der Waals surface area contributed by atoms with E-state index < -0.39 is 0 Å². The van der Waals surface area contributed by atoms with Crippen molar-refractivity contribution in [3.63, 3.8) is 0 Å². The molecule has 4 heteroatoms. The number of nitrogens with zero attached hydrogens (tertiary/aromatic N) is 1. The van der Waals surface area contributed by atoms with Crippen molar-refractivity contribution in [2.75, 3.05) is 0 Å². The Balaban J connectivity index is 1.77. The Morgan fingerprint density at radius 1 is 1.08 bits per heavy atom. The van der Waals surface area contributed by atoms with Gasteiger partial charge in [-0.2, -0.15) is 5.10 Å². The van der Waals surface area contributed by atoms with Gasteiger partial charge in [0.2, 0.25) is 5.91 Å². The Morgan fingerprint density at radius 2 is 1.92 bits per heavy atom. The van der Waals surface area contributed by atoms with Gasteiger partial charge in [0.05, 0.1) is 6.21 Å². The number of nitrogens with one attached hydrogen (secondary N) is 1. The summed E-state index contributed by atoms with van der Waals surface area (Å²) in [6.07, 6.45) is 6.51. The van der Waals surface area contributed by atoms with Crippen molar-refractivity contribution in [3.8, 4) is 5.75 Å². The summed E-state index contributed by atoms with van der Waals surface area (Å²) < 4.78 is 5.79. The third-order valence-electron chi connectivity index (χ3n) is 3.77. The average Bonchev–Trinajstić information content (AvgIpc) is 2.65. The van der Waals surface area contributed by atoms with Crippen molar-refractivity contribution in [2.45, 2.75) is 45.6 Å². The van der Waals surface area contributed by atoms with Crippen LogP contribution in [0.15, 0.2) is 59.7 Å². The summed E-state index contributed by atoms with van der Waals surface area (Å²) in [7, 11) is 0. The highest BCUT2D eigenvalue weighted by Gasteiger charge is 1.99. The van der Waals surface area contributed by atoms with Crippen LogP contribution in [-0.4, -0.2) is 12.1 Å². The minimum atomic E-state index is -0.0381. The molecule has 2 aromatic carbocycles. The molecule has 0 aliphatic rings. The molecule has 132 valence electrons. The van der Waals surface area contributed by atoms with Crippen molar-refractivity contribution in [2.24, 2.45) is 5.10 Å². The van der Waals surface area contributed by atoms with Crippen molar-refractivity contribution >= 4 is 12.1 Å². The lowest BCUT2D eigenvalue weighted by molar-refractivity contribution is -0.121. The maximum atomic E-state index is 11.7. The molecule has 25 heavy (non-hydrogen) atoms. The van der Waals surface area contributed by atoms with Crippen LogP contribution < -0.4 is 10.2 Å². The molecule has 0 aliphatic carbocycles. The normalized spacial score (nSPS) is 10.8. The molecule has 0 heterocycles. The third-order valence-corrected chi connectivity index (χ3v) is 3.77. The van der Waals surface area contributed by atoms with Gasteiger partial charge in [0, 0.05) is 6.42 Å². The molecular formula is C21H26N2O2. The first kappa shape index (κ1) is 18.7. The van der Waals surface area contributed by atoms with Crippen molar-refractivity contribution < 1.29 is 9.53 Å². The van der Waals surface area contributed by atoms with Crippen LogP contribution in [0.2, 0.25) is 0 Å². The fourth-order valence-electron chi connectivity index (χ4n) is 2.37.